The molecule has 9 heteroatoms. The van der Waals surface area contributed by atoms with Crippen LogP contribution in [-0.2, 0) is 6.42 Å². The number of aliphatic imine (C=N–C) groups is 1. The lowest BCUT2D eigenvalue weighted by Gasteiger charge is -2.13. The van der Waals surface area contributed by atoms with Gasteiger partial charge in [0.05, 0.1) is 7.11 Å². The highest BCUT2D eigenvalue weighted by Gasteiger charge is 2.11. The molecule has 0 aliphatic heterocycles. The third kappa shape index (κ3) is 6.14. The van der Waals surface area contributed by atoms with E-state index >= 15 is 0 Å². The summed E-state index contributed by atoms with van der Waals surface area (Å²) >= 11 is 0. The van der Waals surface area contributed by atoms with E-state index in [1.807, 2.05) is 75.5 Å². The number of hydrogen-bond donors (Lipinski definition) is 4. The molecule has 2 amide bonds. The number of aryl methyl sites for hydroxylation is 3. The number of H-pyrrole nitrogens is 1. The fourth-order valence-corrected chi connectivity index (χ4v) is 3.76. The molecule has 180 valence electrons. The van der Waals surface area contributed by atoms with Crippen LogP contribution in [0.1, 0.15) is 22.5 Å². The van der Waals surface area contributed by atoms with Gasteiger partial charge in [0.2, 0.25) is 11.9 Å². The van der Waals surface area contributed by atoms with Crippen molar-refractivity contribution in [3.8, 4) is 5.75 Å². The van der Waals surface area contributed by atoms with E-state index < -0.39 is 6.03 Å². The van der Waals surface area contributed by atoms with E-state index in [0.717, 1.165) is 44.9 Å². The molecule has 0 saturated carbocycles. The van der Waals surface area contributed by atoms with Gasteiger partial charge in [-0.1, -0.05) is 18.2 Å². The van der Waals surface area contributed by atoms with Crippen molar-refractivity contribution in [2.24, 2.45) is 4.99 Å². The van der Waals surface area contributed by atoms with E-state index in [1.165, 1.54) is 0 Å². The fourth-order valence-electron chi connectivity index (χ4n) is 3.76. The number of nitrogens with one attached hydrogen (secondary N) is 4. The summed E-state index contributed by atoms with van der Waals surface area (Å²) in [6, 6.07) is 15.0. The van der Waals surface area contributed by atoms with Crippen LogP contribution in [0.2, 0.25) is 0 Å². The first-order valence-electron chi connectivity index (χ1n) is 11.3. The molecule has 2 aromatic heterocycles. The smallest absolute Gasteiger partial charge is 0.326 e. The minimum absolute atomic E-state index is 0.266. The van der Waals surface area contributed by atoms with Crippen molar-refractivity contribution in [3.63, 3.8) is 0 Å². The first kappa shape index (κ1) is 23.7. The molecule has 9 nitrogen and oxygen atoms in total. The average Bonchev–Trinajstić information content (AvgIpc) is 3.22. The number of carbonyl (C=O) groups is 1. The molecule has 0 radical (unpaired) electrons. The number of guanidine groups is 1. The Morgan fingerprint density at radius 1 is 1.03 bits per heavy atom. The summed E-state index contributed by atoms with van der Waals surface area (Å²) in [5.74, 6) is 1.44. The molecule has 2 heterocycles. The summed E-state index contributed by atoms with van der Waals surface area (Å²) in [4.78, 5) is 29.4. The molecule has 0 aliphatic carbocycles. The van der Waals surface area contributed by atoms with Crippen molar-refractivity contribution < 1.29 is 9.53 Å². The summed E-state index contributed by atoms with van der Waals surface area (Å²) in [7, 11) is 1.65. The Balaban J connectivity index is 1.51. The maximum atomic E-state index is 12.7. The highest BCUT2D eigenvalue weighted by molar-refractivity contribution is 6.07. The number of nitrogens with zero attached hydrogens (tertiary/aromatic N) is 3. The maximum absolute atomic E-state index is 12.7. The normalized spacial score (nSPS) is 11.4. The number of amides is 2. The lowest BCUT2D eigenvalue weighted by atomic mass is 10.1. The first-order valence-corrected chi connectivity index (χ1v) is 11.3. The first-order chi connectivity index (χ1) is 16.9. The van der Waals surface area contributed by atoms with Gasteiger partial charge in [0.1, 0.15) is 5.75 Å². The third-order valence-corrected chi connectivity index (χ3v) is 5.46. The number of hydrogen-bond acceptors (Lipinski definition) is 5. The standard InChI is InChI=1S/C26H29N7O2/c1-16-7-5-6-8-22(16)31-26(34)33-24(32-25-29-17(2)13-18(3)30-25)27-12-11-19-15-28-23-14-20(35-4)9-10-21(19)23/h5-10,13-15,28H,11-12H2,1-4H3,(H3,27,29,30,31,32,33,34). The van der Waals surface area contributed by atoms with E-state index in [1.54, 1.807) is 7.11 Å². The lowest BCUT2D eigenvalue weighted by Crippen LogP contribution is -2.39. The van der Waals surface area contributed by atoms with Crippen molar-refractivity contribution in [3.05, 3.63) is 77.2 Å². The van der Waals surface area contributed by atoms with Crippen molar-refractivity contribution in [2.45, 2.75) is 27.2 Å². The van der Waals surface area contributed by atoms with Crippen molar-refractivity contribution in [2.75, 3.05) is 24.3 Å². The highest BCUT2D eigenvalue weighted by Crippen LogP contribution is 2.23. The summed E-state index contributed by atoms with van der Waals surface area (Å²) in [6.07, 6.45) is 2.64. The summed E-state index contributed by atoms with van der Waals surface area (Å²) in [6.45, 7) is 6.15. The van der Waals surface area contributed by atoms with Gasteiger partial charge >= 0.3 is 6.03 Å². The second-order valence-corrected chi connectivity index (χ2v) is 8.20. The Morgan fingerprint density at radius 2 is 1.80 bits per heavy atom. The quantitative estimate of drug-likeness (QED) is 0.240. The number of ether oxygens (including phenoxy) is 1. The molecule has 0 saturated heterocycles. The highest BCUT2D eigenvalue weighted by atomic mass is 16.5. The maximum Gasteiger partial charge on any atom is 0.326 e. The zero-order chi connectivity index (χ0) is 24.8. The van der Waals surface area contributed by atoms with E-state index in [2.05, 4.69) is 35.9 Å². The van der Waals surface area contributed by atoms with Gasteiger partial charge in [-0.2, -0.15) is 0 Å². The fraction of sp³-hybridized carbons (Fsp3) is 0.231. The van der Waals surface area contributed by atoms with Crippen LogP contribution >= 0.6 is 0 Å². The monoisotopic (exact) mass is 471 g/mol. The molecule has 4 N–H and O–H groups in total. The predicted molar refractivity (Wildman–Crippen MR) is 139 cm³/mol. The topological polar surface area (TPSA) is 116 Å². The number of para-hydroxylation sites is 1. The second-order valence-electron chi connectivity index (χ2n) is 8.20. The van der Waals surface area contributed by atoms with Crippen LogP contribution < -0.4 is 20.7 Å². The van der Waals surface area contributed by atoms with Gasteiger partial charge in [0.25, 0.3) is 0 Å². The Labute approximate surface area is 204 Å². The van der Waals surface area contributed by atoms with Gasteiger partial charge in [-0.15, -0.1) is 0 Å². The largest absolute Gasteiger partial charge is 0.497 e. The second kappa shape index (κ2) is 10.7. The molecule has 2 aromatic carbocycles. The van der Waals surface area contributed by atoms with E-state index in [0.29, 0.717) is 18.9 Å². The van der Waals surface area contributed by atoms with Gasteiger partial charge in [-0.3, -0.25) is 15.6 Å². The zero-order valence-electron chi connectivity index (χ0n) is 20.3. The summed E-state index contributed by atoms with van der Waals surface area (Å²) in [5, 5.41) is 9.82. The number of anilines is 2. The van der Waals surface area contributed by atoms with Gasteiger partial charge in [0, 0.05) is 46.8 Å². The van der Waals surface area contributed by atoms with Gasteiger partial charge in [0.15, 0.2) is 0 Å². The number of carbonyl (C=O) groups excluding carboxylic acids is 1. The molecular formula is C26H29N7O2. The SMILES string of the molecule is COc1ccc2c(CCN=C(NC(=O)Nc3ccccc3C)Nc3nc(C)cc(C)n3)c[nH]c2c1. The van der Waals surface area contributed by atoms with Gasteiger partial charge in [-0.05, 0) is 62.6 Å². The number of fused-ring (bicyclic) bond motifs is 1. The molecular weight excluding hydrogens is 442 g/mol. The number of aromatic amines is 1. The van der Waals surface area contributed by atoms with Crippen molar-refractivity contribution in [1.82, 2.24) is 20.3 Å². The van der Waals surface area contributed by atoms with Crippen LogP contribution in [0.5, 0.6) is 5.75 Å². The molecule has 4 aromatic rings. The Hall–Kier alpha value is -4.40. The Kier molecular flexibility index (Phi) is 7.25. The zero-order valence-corrected chi connectivity index (χ0v) is 20.3. The van der Waals surface area contributed by atoms with Crippen molar-refractivity contribution in [1.29, 1.82) is 0 Å². The number of urea groups is 1. The third-order valence-electron chi connectivity index (χ3n) is 5.46. The number of benzene rings is 2. The van der Waals surface area contributed by atoms with Crippen LogP contribution in [0, 0.1) is 20.8 Å². The van der Waals surface area contributed by atoms with Crippen LogP contribution in [0.4, 0.5) is 16.4 Å². The minimum atomic E-state index is -0.408. The van der Waals surface area contributed by atoms with Crippen LogP contribution in [0.3, 0.4) is 0 Å². The molecule has 4 rings (SSSR count). The summed E-state index contributed by atoms with van der Waals surface area (Å²) < 4.78 is 5.30. The van der Waals surface area contributed by atoms with Crippen LogP contribution in [-0.4, -0.2) is 40.6 Å². The minimum Gasteiger partial charge on any atom is -0.497 e. The Morgan fingerprint density at radius 3 is 2.54 bits per heavy atom. The van der Waals surface area contributed by atoms with E-state index in [4.69, 9.17) is 4.74 Å². The van der Waals surface area contributed by atoms with Crippen LogP contribution in [0.15, 0.2) is 59.7 Å². The molecule has 0 spiro atoms. The Bertz CT molecular complexity index is 1360. The van der Waals surface area contributed by atoms with Crippen LogP contribution in [0.25, 0.3) is 10.9 Å². The van der Waals surface area contributed by atoms with E-state index in [-0.39, 0.29) is 5.96 Å². The molecule has 0 bridgehead atoms. The number of methoxy groups -OCH3 is 1. The molecule has 0 atom stereocenters. The summed E-state index contributed by atoms with van der Waals surface area (Å²) in [5.41, 5.74) is 5.44. The van der Waals surface area contributed by atoms with E-state index in [9.17, 15) is 4.79 Å². The molecule has 0 unspecified atom stereocenters. The van der Waals surface area contributed by atoms with Gasteiger partial charge < -0.3 is 15.0 Å². The van der Waals surface area contributed by atoms with Crippen molar-refractivity contribution >= 4 is 34.5 Å². The number of rotatable bonds is 6. The molecule has 0 fully saturated rings. The molecule has 0 aliphatic rings. The average molecular weight is 472 g/mol. The number of aromatic nitrogens is 3. The van der Waals surface area contributed by atoms with Gasteiger partial charge in [-0.25, -0.2) is 14.8 Å². The predicted octanol–water partition coefficient (Wildman–Crippen LogP) is 4.72. The lowest BCUT2D eigenvalue weighted by molar-refractivity contribution is 0.256. The molecule has 35 heavy (non-hydrogen) atoms.